The Kier molecular flexibility index (Phi) is 5.09. The standard InChI is InChI=1S/C21H23N3S/c1-21(2,3)16-10-12-17(13-11-16)22-19-14-18(23-20(24-19)25-4)15-8-6-5-7-9-15/h5-14H,1-4H3,(H,22,23,24). The number of benzene rings is 2. The van der Waals surface area contributed by atoms with Crippen LogP contribution < -0.4 is 5.32 Å². The summed E-state index contributed by atoms with van der Waals surface area (Å²) in [5.74, 6) is 0.807. The predicted octanol–water partition coefficient (Wildman–Crippen LogP) is 5.91. The summed E-state index contributed by atoms with van der Waals surface area (Å²) in [5, 5.41) is 4.16. The van der Waals surface area contributed by atoms with Crippen LogP contribution in [0.2, 0.25) is 0 Å². The fourth-order valence-corrected chi connectivity index (χ4v) is 2.92. The molecule has 0 aliphatic carbocycles. The van der Waals surface area contributed by atoms with Crippen molar-refractivity contribution in [2.75, 3.05) is 11.6 Å². The maximum Gasteiger partial charge on any atom is 0.189 e. The second-order valence-electron chi connectivity index (χ2n) is 6.94. The van der Waals surface area contributed by atoms with Crippen molar-refractivity contribution in [3.8, 4) is 11.3 Å². The molecule has 3 aromatic rings. The van der Waals surface area contributed by atoms with Crippen LogP contribution in [-0.2, 0) is 5.41 Å². The van der Waals surface area contributed by atoms with E-state index in [1.807, 2.05) is 30.5 Å². The minimum absolute atomic E-state index is 0.153. The number of nitrogens with zero attached hydrogens (tertiary/aromatic N) is 2. The van der Waals surface area contributed by atoms with Crippen LogP contribution in [0.4, 0.5) is 11.5 Å². The molecule has 0 unspecified atom stereocenters. The van der Waals surface area contributed by atoms with Gasteiger partial charge in [0.15, 0.2) is 5.16 Å². The molecule has 1 N–H and O–H groups in total. The summed E-state index contributed by atoms with van der Waals surface area (Å²) in [5.41, 5.74) is 4.51. The average Bonchev–Trinajstić information content (AvgIpc) is 2.62. The molecule has 0 saturated heterocycles. The first-order valence-corrected chi connectivity index (χ1v) is 9.54. The molecule has 0 aliphatic heterocycles. The summed E-state index contributed by atoms with van der Waals surface area (Å²) >= 11 is 1.55. The molecule has 2 aromatic carbocycles. The number of aromatic nitrogens is 2. The molecule has 0 aliphatic rings. The average molecular weight is 350 g/mol. The molecule has 0 radical (unpaired) electrons. The first kappa shape index (κ1) is 17.5. The van der Waals surface area contributed by atoms with Crippen molar-refractivity contribution < 1.29 is 0 Å². The zero-order valence-corrected chi connectivity index (χ0v) is 15.9. The molecule has 0 saturated carbocycles. The topological polar surface area (TPSA) is 37.8 Å². The van der Waals surface area contributed by atoms with Crippen molar-refractivity contribution in [3.05, 3.63) is 66.2 Å². The number of thioether (sulfide) groups is 1. The van der Waals surface area contributed by atoms with E-state index >= 15 is 0 Å². The van der Waals surface area contributed by atoms with Crippen LogP contribution in [0.1, 0.15) is 26.3 Å². The number of anilines is 2. The van der Waals surface area contributed by atoms with E-state index in [1.165, 1.54) is 5.56 Å². The Morgan fingerprint density at radius 2 is 1.56 bits per heavy atom. The van der Waals surface area contributed by atoms with Gasteiger partial charge in [-0.1, -0.05) is 75.0 Å². The van der Waals surface area contributed by atoms with E-state index < -0.39 is 0 Å². The summed E-state index contributed by atoms with van der Waals surface area (Å²) in [7, 11) is 0. The number of hydrogen-bond acceptors (Lipinski definition) is 4. The highest BCUT2D eigenvalue weighted by molar-refractivity contribution is 7.98. The van der Waals surface area contributed by atoms with E-state index in [2.05, 4.69) is 72.5 Å². The third kappa shape index (κ3) is 4.40. The van der Waals surface area contributed by atoms with Crippen LogP contribution in [-0.4, -0.2) is 16.2 Å². The fraction of sp³-hybridized carbons (Fsp3) is 0.238. The second kappa shape index (κ2) is 7.28. The zero-order chi connectivity index (χ0) is 17.9. The van der Waals surface area contributed by atoms with Gasteiger partial charge in [0.1, 0.15) is 5.82 Å². The first-order chi connectivity index (χ1) is 12.0. The van der Waals surface area contributed by atoms with Gasteiger partial charge in [-0.05, 0) is 29.4 Å². The molecule has 0 spiro atoms. The smallest absolute Gasteiger partial charge is 0.189 e. The van der Waals surface area contributed by atoms with E-state index in [9.17, 15) is 0 Å². The lowest BCUT2D eigenvalue weighted by atomic mass is 9.87. The van der Waals surface area contributed by atoms with Gasteiger partial charge in [0.25, 0.3) is 0 Å². The van der Waals surface area contributed by atoms with Gasteiger partial charge in [0.2, 0.25) is 0 Å². The van der Waals surface area contributed by atoms with Crippen LogP contribution in [0.15, 0.2) is 65.8 Å². The Morgan fingerprint density at radius 1 is 0.880 bits per heavy atom. The quantitative estimate of drug-likeness (QED) is 0.469. The van der Waals surface area contributed by atoms with Gasteiger partial charge in [0.05, 0.1) is 5.69 Å². The van der Waals surface area contributed by atoms with Crippen molar-refractivity contribution in [2.45, 2.75) is 31.3 Å². The first-order valence-electron chi connectivity index (χ1n) is 8.32. The molecule has 1 heterocycles. The minimum Gasteiger partial charge on any atom is -0.340 e. The number of rotatable bonds is 4. The molecular formula is C21H23N3S. The van der Waals surface area contributed by atoms with Crippen LogP contribution in [0.5, 0.6) is 0 Å². The van der Waals surface area contributed by atoms with Crippen molar-refractivity contribution in [1.82, 2.24) is 9.97 Å². The van der Waals surface area contributed by atoms with Gasteiger partial charge in [-0.2, -0.15) is 0 Å². The summed E-state index contributed by atoms with van der Waals surface area (Å²) in [4.78, 5) is 9.21. The molecule has 0 amide bonds. The molecule has 1 aromatic heterocycles. The molecule has 25 heavy (non-hydrogen) atoms. The van der Waals surface area contributed by atoms with Gasteiger partial charge in [-0.15, -0.1) is 0 Å². The van der Waals surface area contributed by atoms with Gasteiger partial charge in [-0.3, -0.25) is 0 Å². The molecule has 128 valence electrons. The van der Waals surface area contributed by atoms with Crippen LogP contribution >= 0.6 is 11.8 Å². The zero-order valence-electron chi connectivity index (χ0n) is 15.1. The van der Waals surface area contributed by atoms with E-state index in [-0.39, 0.29) is 5.41 Å². The van der Waals surface area contributed by atoms with Crippen LogP contribution in [0, 0.1) is 0 Å². The van der Waals surface area contributed by atoms with E-state index in [0.717, 1.165) is 27.9 Å². The SMILES string of the molecule is CSc1nc(Nc2ccc(C(C)(C)C)cc2)cc(-c2ccccc2)n1. The summed E-state index contributed by atoms with van der Waals surface area (Å²) in [6.45, 7) is 6.66. The Hall–Kier alpha value is -2.33. The molecule has 3 rings (SSSR count). The molecule has 0 fully saturated rings. The van der Waals surface area contributed by atoms with Crippen molar-refractivity contribution in [3.63, 3.8) is 0 Å². The lowest BCUT2D eigenvalue weighted by Crippen LogP contribution is -2.10. The highest BCUT2D eigenvalue weighted by Gasteiger charge is 2.13. The Labute approximate surface area is 153 Å². The normalized spacial score (nSPS) is 11.4. The van der Waals surface area contributed by atoms with Crippen molar-refractivity contribution in [1.29, 1.82) is 0 Å². The third-order valence-electron chi connectivity index (χ3n) is 3.98. The van der Waals surface area contributed by atoms with Crippen LogP contribution in [0.25, 0.3) is 11.3 Å². The van der Waals surface area contributed by atoms with Crippen molar-refractivity contribution in [2.24, 2.45) is 0 Å². The van der Waals surface area contributed by atoms with E-state index in [4.69, 9.17) is 0 Å². The molecule has 0 atom stereocenters. The second-order valence-corrected chi connectivity index (χ2v) is 7.72. The van der Waals surface area contributed by atoms with Gasteiger partial charge in [-0.25, -0.2) is 9.97 Å². The molecule has 3 nitrogen and oxygen atoms in total. The van der Waals surface area contributed by atoms with Gasteiger partial charge >= 0.3 is 0 Å². The van der Waals surface area contributed by atoms with Crippen molar-refractivity contribution >= 4 is 23.3 Å². The molecule has 4 heteroatoms. The van der Waals surface area contributed by atoms with E-state index in [1.54, 1.807) is 11.8 Å². The Morgan fingerprint density at radius 3 is 2.16 bits per heavy atom. The lowest BCUT2D eigenvalue weighted by Gasteiger charge is -2.19. The molecular weight excluding hydrogens is 326 g/mol. The summed E-state index contributed by atoms with van der Waals surface area (Å²) in [6.07, 6.45) is 1.99. The largest absolute Gasteiger partial charge is 0.340 e. The highest BCUT2D eigenvalue weighted by atomic mass is 32.2. The predicted molar refractivity (Wildman–Crippen MR) is 108 cm³/mol. The molecule has 0 bridgehead atoms. The van der Waals surface area contributed by atoms with Crippen LogP contribution in [0.3, 0.4) is 0 Å². The van der Waals surface area contributed by atoms with Gasteiger partial charge < -0.3 is 5.32 Å². The third-order valence-corrected chi connectivity index (χ3v) is 4.53. The Balaban J connectivity index is 1.89. The summed E-state index contributed by atoms with van der Waals surface area (Å²) in [6, 6.07) is 20.7. The number of hydrogen-bond donors (Lipinski definition) is 1. The number of nitrogens with one attached hydrogen (secondary N) is 1. The van der Waals surface area contributed by atoms with E-state index in [0.29, 0.717) is 0 Å². The fourth-order valence-electron chi connectivity index (χ4n) is 2.54. The Bertz CT molecular complexity index is 837. The minimum atomic E-state index is 0.153. The monoisotopic (exact) mass is 349 g/mol. The summed E-state index contributed by atoms with van der Waals surface area (Å²) < 4.78 is 0. The van der Waals surface area contributed by atoms with Gasteiger partial charge in [0, 0.05) is 17.3 Å². The maximum atomic E-state index is 4.62. The lowest BCUT2D eigenvalue weighted by molar-refractivity contribution is 0.590. The highest BCUT2D eigenvalue weighted by Crippen LogP contribution is 2.27. The maximum absolute atomic E-state index is 4.62.